The summed E-state index contributed by atoms with van der Waals surface area (Å²) in [6.07, 6.45) is 0. The third kappa shape index (κ3) is 1.76. The molecule has 0 radical (unpaired) electrons. The molecule has 0 aliphatic rings. The molecule has 84 valence electrons. The molecule has 0 spiro atoms. The highest BCUT2D eigenvalue weighted by molar-refractivity contribution is 5.69. The molecule has 5 heteroatoms. The summed E-state index contributed by atoms with van der Waals surface area (Å²) in [6.45, 7) is 3.92. The molecule has 0 aliphatic carbocycles. The lowest BCUT2D eigenvalue weighted by molar-refractivity contribution is 0.521. The number of aromatic nitrogens is 3. The quantitative estimate of drug-likeness (QED) is 0.844. The van der Waals surface area contributed by atoms with Crippen molar-refractivity contribution in [3.8, 4) is 11.3 Å². The fourth-order valence-corrected chi connectivity index (χ4v) is 1.52. The molecule has 0 fully saturated rings. The van der Waals surface area contributed by atoms with Crippen LogP contribution in [0.25, 0.3) is 11.3 Å². The Balaban J connectivity index is 2.49. The number of nitrogen functional groups attached to an aromatic ring is 1. The Bertz CT molecular complexity index is 504. The van der Waals surface area contributed by atoms with Crippen LogP contribution in [0.15, 0.2) is 24.3 Å². The minimum Gasteiger partial charge on any atom is -0.382 e. The van der Waals surface area contributed by atoms with Crippen molar-refractivity contribution < 1.29 is 4.39 Å². The zero-order chi connectivity index (χ0) is 11.7. The number of halogens is 1. The Labute approximate surface area is 92.9 Å². The SMILES string of the molecule is CC(C)n1nnc(-c2cccc(F)c2)c1N. The monoisotopic (exact) mass is 220 g/mol. The van der Waals surface area contributed by atoms with Gasteiger partial charge in [-0.1, -0.05) is 17.3 Å². The molecule has 1 aromatic heterocycles. The largest absolute Gasteiger partial charge is 0.382 e. The van der Waals surface area contributed by atoms with E-state index in [2.05, 4.69) is 10.3 Å². The van der Waals surface area contributed by atoms with E-state index in [0.29, 0.717) is 17.1 Å². The van der Waals surface area contributed by atoms with Crippen molar-refractivity contribution >= 4 is 5.82 Å². The highest BCUT2D eigenvalue weighted by Crippen LogP contribution is 2.25. The normalized spacial score (nSPS) is 11.0. The molecule has 0 atom stereocenters. The van der Waals surface area contributed by atoms with Crippen LogP contribution < -0.4 is 5.73 Å². The Morgan fingerprint density at radius 2 is 2.12 bits per heavy atom. The van der Waals surface area contributed by atoms with E-state index in [1.54, 1.807) is 16.8 Å². The smallest absolute Gasteiger partial charge is 0.150 e. The van der Waals surface area contributed by atoms with Gasteiger partial charge in [-0.05, 0) is 26.0 Å². The second kappa shape index (κ2) is 3.92. The van der Waals surface area contributed by atoms with Crippen LogP contribution >= 0.6 is 0 Å². The van der Waals surface area contributed by atoms with Crippen LogP contribution in [0.4, 0.5) is 10.2 Å². The van der Waals surface area contributed by atoms with Crippen LogP contribution in [0.3, 0.4) is 0 Å². The van der Waals surface area contributed by atoms with Crippen molar-refractivity contribution in [3.05, 3.63) is 30.1 Å². The van der Waals surface area contributed by atoms with Crippen LogP contribution in [0.5, 0.6) is 0 Å². The lowest BCUT2D eigenvalue weighted by Gasteiger charge is -2.06. The summed E-state index contributed by atoms with van der Waals surface area (Å²) < 4.78 is 14.7. The van der Waals surface area contributed by atoms with Gasteiger partial charge in [0.2, 0.25) is 0 Å². The van der Waals surface area contributed by atoms with Gasteiger partial charge in [0.25, 0.3) is 0 Å². The van der Waals surface area contributed by atoms with Crippen molar-refractivity contribution in [3.63, 3.8) is 0 Å². The number of anilines is 1. The van der Waals surface area contributed by atoms with Crippen LogP contribution in [0.1, 0.15) is 19.9 Å². The first-order valence-corrected chi connectivity index (χ1v) is 5.06. The topological polar surface area (TPSA) is 56.7 Å². The first-order chi connectivity index (χ1) is 7.59. The average molecular weight is 220 g/mol. The molecule has 1 heterocycles. The van der Waals surface area contributed by atoms with Crippen molar-refractivity contribution in [1.29, 1.82) is 0 Å². The summed E-state index contributed by atoms with van der Waals surface area (Å²) in [5.41, 5.74) is 7.07. The van der Waals surface area contributed by atoms with Gasteiger partial charge in [0.1, 0.15) is 11.5 Å². The van der Waals surface area contributed by atoms with E-state index in [9.17, 15) is 4.39 Å². The van der Waals surface area contributed by atoms with E-state index < -0.39 is 0 Å². The molecule has 0 saturated carbocycles. The fourth-order valence-electron chi connectivity index (χ4n) is 1.52. The number of hydrogen-bond donors (Lipinski definition) is 1. The highest BCUT2D eigenvalue weighted by atomic mass is 19.1. The zero-order valence-corrected chi connectivity index (χ0v) is 9.18. The molecule has 0 saturated heterocycles. The molecular formula is C11H13FN4. The lowest BCUT2D eigenvalue weighted by atomic mass is 10.1. The van der Waals surface area contributed by atoms with E-state index >= 15 is 0 Å². The third-order valence-electron chi connectivity index (χ3n) is 2.32. The maximum atomic E-state index is 13.1. The Morgan fingerprint density at radius 3 is 2.69 bits per heavy atom. The number of nitrogens with two attached hydrogens (primary N) is 1. The predicted molar refractivity (Wildman–Crippen MR) is 60.2 cm³/mol. The number of benzene rings is 1. The summed E-state index contributed by atoms with van der Waals surface area (Å²) in [5, 5.41) is 7.91. The summed E-state index contributed by atoms with van der Waals surface area (Å²) >= 11 is 0. The van der Waals surface area contributed by atoms with E-state index in [0.717, 1.165) is 0 Å². The molecule has 0 bridgehead atoms. The predicted octanol–water partition coefficient (Wildman–Crippen LogP) is 2.25. The first kappa shape index (κ1) is 10.6. The summed E-state index contributed by atoms with van der Waals surface area (Å²) in [6, 6.07) is 6.29. The van der Waals surface area contributed by atoms with Crippen LogP contribution in [-0.2, 0) is 0 Å². The zero-order valence-electron chi connectivity index (χ0n) is 9.18. The Kier molecular flexibility index (Phi) is 2.60. The maximum absolute atomic E-state index is 13.1. The van der Waals surface area contributed by atoms with Gasteiger partial charge in [-0.2, -0.15) is 0 Å². The van der Waals surface area contributed by atoms with Crippen molar-refractivity contribution in [2.75, 3.05) is 5.73 Å². The minimum absolute atomic E-state index is 0.134. The van der Waals surface area contributed by atoms with Gasteiger partial charge in [-0.3, -0.25) is 0 Å². The highest BCUT2D eigenvalue weighted by Gasteiger charge is 2.13. The van der Waals surface area contributed by atoms with Crippen LogP contribution in [0.2, 0.25) is 0 Å². The standard InChI is InChI=1S/C11H13FN4/c1-7(2)16-11(13)10(14-15-16)8-4-3-5-9(12)6-8/h3-7H,13H2,1-2H3. The molecule has 2 N–H and O–H groups in total. The molecule has 2 rings (SSSR count). The summed E-state index contributed by atoms with van der Waals surface area (Å²) in [5.74, 6) is 0.150. The Morgan fingerprint density at radius 1 is 1.38 bits per heavy atom. The number of rotatable bonds is 2. The van der Waals surface area contributed by atoms with E-state index in [1.807, 2.05) is 13.8 Å². The molecule has 1 aromatic carbocycles. The second-order valence-electron chi connectivity index (χ2n) is 3.87. The van der Waals surface area contributed by atoms with Crippen molar-refractivity contribution in [2.45, 2.75) is 19.9 Å². The Hall–Kier alpha value is -1.91. The summed E-state index contributed by atoms with van der Waals surface area (Å²) in [7, 11) is 0. The minimum atomic E-state index is -0.309. The van der Waals surface area contributed by atoms with Crippen LogP contribution in [-0.4, -0.2) is 15.0 Å². The van der Waals surface area contributed by atoms with Gasteiger partial charge in [0.05, 0.1) is 6.04 Å². The number of nitrogens with zero attached hydrogens (tertiary/aromatic N) is 3. The maximum Gasteiger partial charge on any atom is 0.150 e. The summed E-state index contributed by atoms with van der Waals surface area (Å²) in [4.78, 5) is 0. The van der Waals surface area contributed by atoms with Crippen molar-refractivity contribution in [1.82, 2.24) is 15.0 Å². The van der Waals surface area contributed by atoms with Gasteiger partial charge in [-0.15, -0.1) is 5.10 Å². The van der Waals surface area contributed by atoms with Gasteiger partial charge >= 0.3 is 0 Å². The molecule has 0 unspecified atom stereocenters. The average Bonchev–Trinajstić information content (AvgIpc) is 2.60. The van der Waals surface area contributed by atoms with Gasteiger partial charge in [0.15, 0.2) is 5.82 Å². The third-order valence-corrected chi connectivity index (χ3v) is 2.32. The molecule has 4 nitrogen and oxygen atoms in total. The number of hydrogen-bond acceptors (Lipinski definition) is 3. The van der Waals surface area contributed by atoms with Gasteiger partial charge in [0, 0.05) is 5.56 Å². The molecule has 0 aliphatic heterocycles. The second-order valence-corrected chi connectivity index (χ2v) is 3.87. The molecule has 0 amide bonds. The molecule has 16 heavy (non-hydrogen) atoms. The first-order valence-electron chi connectivity index (χ1n) is 5.06. The van der Waals surface area contributed by atoms with E-state index in [-0.39, 0.29) is 11.9 Å². The van der Waals surface area contributed by atoms with E-state index in [4.69, 9.17) is 5.73 Å². The van der Waals surface area contributed by atoms with Gasteiger partial charge < -0.3 is 5.73 Å². The van der Waals surface area contributed by atoms with Gasteiger partial charge in [-0.25, -0.2) is 9.07 Å². The fraction of sp³-hybridized carbons (Fsp3) is 0.273. The van der Waals surface area contributed by atoms with Crippen molar-refractivity contribution in [2.24, 2.45) is 0 Å². The van der Waals surface area contributed by atoms with E-state index in [1.165, 1.54) is 12.1 Å². The lowest BCUT2D eigenvalue weighted by Crippen LogP contribution is -2.07. The van der Waals surface area contributed by atoms with Crippen LogP contribution in [0, 0.1) is 5.82 Å². The molecular weight excluding hydrogens is 207 g/mol. The molecule has 2 aromatic rings.